The monoisotopic (exact) mass is 524 g/mol. The number of imide groups is 1. The van der Waals surface area contributed by atoms with Gasteiger partial charge in [-0.1, -0.05) is 54.1 Å². The maximum atomic E-state index is 13.0. The SMILES string of the molecule is CCOc1cc(/C=C2\SC(=O)N(Cc3ccccc3[N+](=O)[O-])C2=O)ccc1OCc1ccccc1Cl. The maximum Gasteiger partial charge on any atom is 0.293 e. The Bertz CT molecular complexity index is 1360. The zero-order valence-corrected chi connectivity index (χ0v) is 20.8. The Morgan fingerprint density at radius 2 is 1.72 bits per heavy atom. The van der Waals surface area contributed by atoms with Crippen LogP contribution in [0.4, 0.5) is 10.5 Å². The van der Waals surface area contributed by atoms with Crippen LogP contribution in [0, 0.1) is 10.1 Å². The number of hydrogen-bond acceptors (Lipinski definition) is 7. The Morgan fingerprint density at radius 1 is 1.00 bits per heavy atom. The highest BCUT2D eigenvalue weighted by Crippen LogP contribution is 2.36. The highest BCUT2D eigenvalue weighted by Gasteiger charge is 2.36. The number of para-hydroxylation sites is 1. The van der Waals surface area contributed by atoms with Crippen LogP contribution in [0.15, 0.2) is 71.6 Å². The van der Waals surface area contributed by atoms with E-state index in [1.54, 1.807) is 36.4 Å². The number of rotatable bonds is 9. The lowest BCUT2D eigenvalue weighted by Gasteiger charge is -2.13. The van der Waals surface area contributed by atoms with Gasteiger partial charge in [0.1, 0.15) is 6.61 Å². The molecular weight excluding hydrogens is 504 g/mol. The molecule has 1 aliphatic rings. The summed E-state index contributed by atoms with van der Waals surface area (Å²) < 4.78 is 11.6. The van der Waals surface area contributed by atoms with Crippen LogP contribution in [0.25, 0.3) is 6.08 Å². The predicted molar refractivity (Wildman–Crippen MR) is 138 cm³/mol. The van der Waals surface area contributed by atoms with E-state index < -0.39 is 16.1 Å². The normalized spacial score (nSPS) is 14.4. The molecule has 0 aliphatic carbocycles. The molecule has 1 saturated heterocycles. The Hall–Kier alpha value is -3.82. The Morgan fingerprint density at radius 3 is 2.44 bits per heavy atom. The Kier molecular flexibility index (Phi) is 7.92. The fourth-order valence-corrected chi connectivity index (χ4v) is 4.58. The van der Waals surface area contributed by atoms with Crippen LogP contribution in [0.2, 0.25) is 5.02 Å². The smallest absolute Gasteiger partial charge is 0.293 e. The topological polar surface area (TPSA) is 99.0 Å². The van der Waals surface area contributed by atoms with Gasteiger partial charge in [-0.2, -0.15) is 0 Å². The molecule has 184 valence electrons. The summed E-state index contributed by atoms with van der Waals surface area (Å²) in [7, 11) is 0. The van der Waals surface area contributed by atoms with Crippen LogP contribution < -0.4 is 9.47 Å². The first-order valence-corrected chi connectivity index (χ1v) is 12.2. The molecule has 0 spiro atoms. The highest BCUT2D eigenvalue weighted by atomic mass is 35.5. The summed E-state index contributed by atoms with van der Waals surface area (Å²) >= 11 is 6.99. The van der Waals surface area contributed by atoms with Crippen molar-refractivity contribution in [1.29, 1.82) is 0 Å². The zero-order chi connectivity index (χ0) is 25.7. The Balaban J connectivity index is 1.53. The van der Waals surface area contributed by atoms with Gasteiger partial charge in [-0.15, -0.1) is 0 Å². The van der Waals surface area contributed by atoms with Gasteiger partial charge in [0.2, 0.25) is 0 Å². The highest BCUT2D eigenvalue weighted by molar-refractivity contribution is 8.18. The van der Waals surface area contributed by atoms with Crippen molar-refractivity contribution < 1.29 is 24.0 Å². The van der Waals surface area contributed by atoms with E-state index in [0.29, 0.717) is 28.7 Å². The number of benzene rings is 3. The second-order valence-electron chi connectivity index (χ2n) is 7.67. The van der Waals surface area contributed by atoms with Gasteiger partial charge >= 0.3 is 0 Å². The first-order valence-electron chi connectivity index (χ1n) is 11.0. The van der Waals surface area contributed by atoms with Crippen LogP contribution in [0.5, 0.6) is 11.5 Å². The molecule has 3 aromatic carbocycles. The minimum Gasteiger partial charge on any atom is -0.490 e. The number of nitro benzene ring substituents is 1. The number of amides is 2. The molecule has 0 atom stereocenters. The summed E-state index contributed by atoms with van der Waals surface area (Å²) in [4.78, 5) is 37.5. The molecule has 0 N–H and O–H groups in total. The second-order valence-corrected chi connectivity index (χ2v) is 9.07. The van der Waals surface area contributed by atoms with Crippen molar-refractivity contribution >= 4 is 46.3 Å². The van der Waals surface area contributed by atoms with Gasteiger partial charge in [-0.05, 0) is 48.5 Å². The van der Waals surface area contributed by atoms with Crippen molar-refractivity contribution in [2.75, 3.05) is 6.61 Å². The molecule has 0 radical (unpaired) electrons. The van der Waals surface area contributed by atoms with E-state index in [2.05, 4.69) is 0 Å². The second kappa shape index (κ2) is 11.3. The van der Waals surface area contributed by atoms with E-state index in [-0.39, 0.29) is 29.3 Å². The van der Waals surface area contributed by atoms with Gasteiger partial charge in [0.25, 0.3) is 16.8 Å². The minimum atomic E-state index is -0.533. The molecule has 36 heavy (non-hydrogen) atoms. The van der Waals surface area contributed by atoms with Crippen LogP contribution in [-0.2, 0) is 17.9 Å². The lowest BCUT2D eigenvalue weighted by atomic mass is 10.1. The zero-order valence-electron chi connectivity index (χ0n) is 19.2. The van der Waals surface area contributed by atoms with Crippen molar-refractivity contribution in [2.45, 2.75) is 20.1 Å². The average molecular weight is 525 g/mol. The van der Waals surface area contributed by atoms with Gasteiger partial charge < -0.3 is 9.47 Å². The van der Waals surface area contributed by atoms with Gasteiger partial charge in [-0.3, -0.25) is 24.6 Å². The number of carbonyl (C=O) groups is 2. The number of nitrogens with zero attached hydrogens (tertiary/aromatic N) is 2. The van der Waals surface area contributed by atoms with Crippen LogP contribution >= 0.6 is 23.4 Å². The minimum absolute atomic E-state index is 0.144. The molecular formula is C26H21ClN2O6S. The summed E-state index contributed by atoms with van der Waals surface area (Å²) in [6.45, 7) is 2.32. The van der Waals surface area contributed by atoms with Crippen molar-refractivity contribution in [2.24, 2.45) is 0 Å². The van der Waals surface area contributed by atoms with Crippen molar-refractivity contribution in [3.63, 3.8) is 0 Å². The number of hydrogen-bond donors (Lipinski definition) is 0. The summed E-state index contributed by atoms with van der Waals surface area (Å²) in [6.07, 6.45) is 1.59. The van der Waals surface area contributed by atoms with E-state index in [0.717, 1.165) is 22.2 Å². The number of ether oxygens (including phenoxy) is 2. The lowest BCUT2D eigenvalue weighted by molar-refractivity contribution is -0.385. The molecule has 0 bridgehead atoms. The van der Waals surface area contributed by atoms with Crippen LogP contribution in [-0.4, -0.2) is 27.6 Å². The summed E-state index contributed by atoms with van der Waals surface area (Å²) in [5.74, 6) is 0.482. The largest absolute Gasteiger partial charge is 0.490 e. The van der Waals surface area contributed by atoms with E-state index in [4.69, 9.17) is 21.1 Å². The Labute approximate surface area is 216 Å². The fourth-order valence-electron chi connectivity index (χ4n) is 3.55. The fraction of sp³-hybridized carbons (Fsp3) is 0.154. The summed E-state index contributed by atoms with van der Waals surface area (Å²) in [5, 5.41) is 11.4. The van der Waals surface area contributed by atoms with Gasteiger partial charge in [0.05, 0.1) is 23.0 Å². The van der Waals surface area contributed by atoms with Crippen LogP contribution in [0.3, 0.4) is 0 Å². The molecule has 10 heteroatoms. The molecule has 8 nitrogen and oxygen atoms in total. The first kappa shape index (κ1) is 25.3. The third kappa shape index (κ3) is 5.69. The molecule has 3 aromatic rings. The molecule has 0 saturated carbocycles. The number of halogens is 1. The van der Waals surface area contributed by atoms with E-state index in [9.17, 15) is 19.7 Å². The average Bonchev–Trinajstić information content (AvgIpc) is 3.12. The lowest BCUT2D eigenvalue weighted by Crippen LogP contribution is -2.27. The molecule has 4 rings (SSSR count). The molecule has 0 aromatic heterocycles. The van der Waals surface area contributed by atoms with Gasteiger partial charge in [0, 0.05) is 22.2 Å². The predicted octanol–water partition coefficient (Wildman–Crippen LogP) is 6.46. The standard InChI is InChI=1S/C26H21ClN2O6S/c1-2-34-23-13-17(11-12-22(23)35-16-19-8-3-5-9-20(19)27)14-24-25(30)28(26(31)36-24)15-18-7-4-6-10-21(18)29(32)33/h3-14H,2,15-16H2,1H3/b24-14-. The number of thioether (sulfide) groups is 1. The van der Waals surface area contributed by atoms with E-state index in [1.165, 1.54) is 18.2 Å². The maximum absolute atomic E-state index is 13.0. The van der Waals surface area contributed by atoms with E-state index >= 15 is 0 Å². The molecule has 1 heterocycles. The molecule has 1 aliphatic heterocycles. The molecule has 1 fully saturated rings. The van der Waals surface area contributed by atoms with Crippen LogP contribution in [0.1, 0.15) is 23.6 Å². The number of carbonyl (C=O) groups excluding carboxylic acids is 2. The quantitative estimate of drug-likeness (QED) is 0.180. The van der Waals surface area contributed by atoms with Gasteiger partial charge in [0.15, 0.2) is 11.5 Å². The summed E-state index contributed by atoms with van der Waals surface area (Å²) in [5.41, 5.74) is 1.61. The summed E-state index contributed by atoms with van der Waals surface area (Å²) in [6, 6.07) is 18.6. The third-order valence-electron chi connectivity index (χ3n) is 5.30. The van der Waals surface area contributed by atoms with Crippen molar-refractivity contribution in [3.05, 3.63) is 103 Å². The first-order chi connectivity index (χ1) is 17.4. The van der Waals surface area contributed by atoms with E-state index in [1.807, 2.05) is 25.1 Å². The third-order valence-corrected chi connectivity index (χ3v) is 6.57. The number of nitro groups is 1. The van der Waals surface area contributed by atoms with Crippen molar-refractivity contribution in [1.82, 2.24) is 4.90 Å². The van der Waals surface area contributed by atoms with Crippen molar-refractivity contribution in [3.8, 4) is 11.5 Å². The van der Waals surface area contributed by atoms with Gasteiger partial charge in [-0.25, -0.2) is 0 Å². The molecule has 2 amide bonds. The molecule has 0 unspecified atom stereocenters.